The van der Waals surface area contributed by atoms with Crippen molar-refractivity contribution in [1.82, 2.24) is 4.90 Å². The second-order valence-corrected chi connectivity index (χ2v) is 6.36. The average Bonchev–Trinajstić information content (AvgIpc) is 3.04. The summed E-state index contributed by atoms with van der Waals surface area (Å²) in [5.41, 5.74) is 1.33. The van der Waals surface area contributed by atoms with E-state index in [0.29, 0.717) is 0 Å². The fourth-order valence-corrected chi connectivity index (χ4v) is 3.76. The van der Waals surface area contributed by atoms with Crippen LogP contribution in [0.25, 0.3) is 0 Å². The maximum absolute atomic E-state index is 12.9. The van der Waals surface area contributed by atoms with Crippen molar-refractivity contribution in [1.29, 1.82) is 0 Å². The molecule has 1 fully saturated rings. The van der Waals surface area contributed by atoms with E-state index in [4.69, 9.17) is 4.74 Å². The molecule has 0 radical (unpaired) electrons. The van der Waals surface area contributed by atoms with Gasteiger partial charge >= 0.3 is 0 Å². The molecule has 0 aromatic carbocycles. The second kappa shape index (κ2) is 6.66. The maximum atomic E-state index is 12.9. The fraction of sp³-hybridized carbons (Fsp3) is 0.562. The second-order valence-electron chi connectivity index (χ2n) is 5.42. The minimum atomic E-state index is -0.0575. The molecule has 2 heterocycles. The number of nitrogens with zero attached hydrogens (tertiary/aromatic N) is 1. The Kier molecular flexibility index (Phi) is 4.65. The smallest absolute Gasteiger partial charge is 0.194 e. The van der Waals surface area contributed by atoms with E-state index in [1.807, 2.05) is 17.5 Å². The molecule has 0 N–H and O–H groups in total. The lowest BCUT2D eigenvalue weighted by Crippen LogP contribution is -2.48. The van der Waals surface area contributed by atoms with Crippen LogP contribution in [0.5, 0.6) is 0 Å². The number of carbonyl (C=O) groups excluding carboxylic acids is 1. The molecule has 1 saturated heterocycles. The number of Topliss-reactive ketones (excluding diaryl/α,β-unsaturated/α-hetero) is 1. The fourth-order valence-electron chi connectivity index (χ4n) is 3.07. The molecular formula is C16H21NO2S. The first kappa shape index (κ1) is 14.0. The van der Waals surface area contributed by atoms with Crippen LogP contribution < -0.4 is 0 Å². The molecule has 1 atom stereocenters. The Balaban J connectivity index is 1.86. The number of allylic oxidation sites excluding steroid dienone is 1. The molecule has 4 heteroatoms. The van der Waals surface area contributed by atoms with Gasteiger partial charge in [0.25, 0.3) is 0 Å². The largest absolute Gasteiger partial charge is 0.379 e. The first-order valence-corrected chi connectivity index (χ1v) is 8.32. The molecule has 1 unspecified atom stereocenters. The van der Waals surface area contributed by atoms with Crippen LogP contribution in [0.2, 0.25) is 0 Å². The highest BCUT2D eigenvalue weighted by atomic mass is 32.1. The van der Waals surface area contributed by atoms with E-state index in [9.17, 15) is 4.79 Å². The minimum Gasteiger partial charge on any atom is -0.379 e. The lowest BCUT2D eigenvalue weighted by molar-refractivity contribution is 0.0231. The van der Waals surface area contributed by atoms with Gasteiger partial charge in [-0.15, -0.1) is 11.3 Å². The Morgan fingerprint density at radius 3 is 2.80 bits per heavy atom. The summed E-state index contributed by atoms with van der Waals surface area (Å²) in [7, 11) is 0. The Labute approximate surface area is 124 Å². The van der Waals surface area contributed by atoms with E-state index in [0.717, 1.165) is 44.0 Å². The predicted octanol–water partition coefficient (Wildman–Crippen LogP) is 3.13. The summed E-state index contributed by atoms with van der Waals surface area (Å²) in [5, 5.41) is 1.98. The molecule has 3 nitrogen and oxygen atoms in total. The summed E-state index contributed by atoms with van der Waals surface area (Å²) in [5.74, 6) is 0.273. The maximum Gasteiger partial charge on any atom is 0.194 e. The van der Waals surface area contributed by atoms with E-state index in [2.05, 4.69) is 11.0 Å². The van der Waals surface area contributed by atoms with Crippen molar-refractivity contribution in [3.8, 4) is 0 Å². The number of hydrogen-bond donors (Lipinski definition) is 0. The number of morpholine rings is 1. The Hall–Kier alpha value is -0.970. The molecule has 3 rings (SSSR count). The molecule has 20 heavy (non-hydrogen) atoms. The third-order valence-electron chi connectivity index (χ3n) is 4.10. The lowest BCUT2D eigenvalue weighted by atomic mass is 9.90. The Bertz CT molecular complexity index is 475. The molecule has 1 aromatic heterocycles. The summed E-state index contributed by atoms with van der Waals surface area (Å²) in [4.78, 5) is 16.1. The van der Waals surface area contributed by atoms with E-state index < -0.39 is 0 Å². The van der Waals surface area contributed by atoms with Crippen LogP contribution in [0.3, 0.4) is 0 Å². The van der Waals surface area contributed by atoms with E-state index in [-0.39, 0.29) is 11.8 Å². The molecule has 1 aromatic rings. The number of carbonyl (C=O) groups is 1. The normalized spacial score (nSPS) is 22.3. The van der Waals surface area contributed by atoms with Gasteiger partial charge in [0.2, 0.25) is 0 Å². The highest BCUT2D eigenvalue weighted by Crippen LogP contribution is 2.27. The zero-order chi connectivity index (χ0) is 13.8. The van der Waals surface area contributed by atoms with Crippen molar-refractivity contribution in [2.45, 2.75) is 31.7 Å². The molecule has 1 aliphatic carbocycles. The van der Waals surface area contributed by atoms with Gasteiger partial charge in [-0.1, -0.05) is 12.1 Å². The molecule has 108 valence electrons. The van der Waals surface area contributed by atoms with Gasteiger partial charge in [-0.05, 0) is 42.7 Å². The van der Waals surface area contributed by atoms with Crippen molar-refractivity contribution >= 4 is 17.1 Å². The SMILES string of the molecule is O=C(c1cccs1)C(C1=CCCCC1)N1CCOCC1. The van der Waals surface area contributed by atoms with Gasteiger partial charge in [0, 0.05) is 13.1 Å². The van der Waals surface area contributed by atoms with Crippen LogP contribution in [0.15, 0.2) is 29.2 Å². The van der Waals surface area contributed by atoms with Gasteiger partial charge in [0.15, 0.2) is 5.78 Å². The summed E-state index contributed by atoms with van der Waals surface area (Å²) in [6.07, 6.45) is 6.96. The first-order valence-electron chi connectivity index (χ1n) is 7.45. The Morgan fingerprint density at radius 2 is 2.15 bits per heavy atom. The summed E-state index contributed by atoms with van der Waals surface area (Å²) in [6.45, 7) is 3.20. The van der Waals surface area contributed by atoms with Crippen LogP contribution in [0, 0.1) is 0 Å². The van der Waals surface area contributed by atoms with Gasteiger partial charge in [-0.3, -0.25) is 9.69 Å². The molecule has 2 aliphatic rings. The number of ether oxygens (including phenoxy) is 1. The molecule has 0 bridgehead atoms. The number of rotatable bonds is 4. The van der Waals surface area contributed by atoms with Crippen molar-refractivity contribution in [3.05, 3.63) is 34.0 Å². The molecule has 0 saturated carbocycles. The summed E-state index contributed by atoms with van der Waals surface area (Å²) < 4.78 is 5.44. The van der Waals surface area contributed by atoms with Crippen LogP contribution in [-0.2, 0) is 4.74 Å². The molecule has 1 aliphatic heterocycles. The van der Waals surface area contributed by atoms with Crippen LogP contribution in [-0.4, -0.2) is 43.0 Å². The van der Waals surface area contributed by atoms with Gasteiger partial charge in [0.05, 0.1) is 24.1 Å². The summed E-state index contributed by atoms with van der Waals surface area (Å²) in [6, 6.07) is 3.85. The number of thiophene rings is 1. The van der Waals surface area contributed by atoms with Gasteiger partial charge in [-0.25, -0.2) is 0 Å². The van der Waals surface area contributed by atoms with Crippen molar-refractivity contribution in [2.75, 3.05) is 26.3 Å². The molecule has 0 spiro atoms. The third-order valence-corrected chi connectivity index (χ3v) is 4.98. The van der Waals surface area contributed by atoms with E-state index in [1.165, 1.54) is 18.4 Å². The zero-order valence-electron chi connectivity index (χ0n) is 11.7. The van der Waals surface area contributed by atoms with E-state index >= 15 is 0 Å². The predicted molar refractivity (Wildman–Crippen MR) is 81.4 cm³/mol. The average molecular weight is 291 g/mol. The number of hydrogen-bond acceptors (Lipinski definition) is 4. The summed E-state index contributed by atoms with van der Waals surface area (Å²) >= 11 is 1.55. The molecular weight excluding hydrogens is 270 g/mol. The third kappa shape index (κ3) is 3.03. The lowest BCUT2D eigenvalue weighted by Gasteiger charge is -2.35. The van der Waals surface area contributed by atoms with E-state index in [1.54, 1.807) is 11.3 Å². The van der Waals surface area contributed by atoms with Crippen LogP contribution in [0.1, 0.15) is 35.4 Å². The molecule has 0 amide bonds. The Morgan fingerprint density at radius 1 is 1.30 bits per heavy atom. The van der Waals surface area contributed by atoms with Crippen LogP contribution >= 0.6 is 11.3 Å². The first-order chi connectivity index (χ1) is 9.86. The van der Waals surface area contributed by atoms with Gasteiger partial charge < -0.3 is 4.74 Å². The monoisotopic (exact) mass is 291 g/mol. The van der Waals surface area contributed by atoms with Crippen molar-refractivity contribution in [2.24, 2.45) is 0 Å². The van der Waals surface area contributed by atoms with Gasteiger partial charge in [0.1, 0.15) is 0 Å². The zero-order valence-corrected chi connectivity index (χ0v) is 12.5. The highest BCUT2D eigenvalue weighted by molar-refractivity contribution is 7.12. The topological polar surface area (TPSA) is 29.5 Å². The number of ketones is 1. The quantitative estimate of drug-likeness (QED) is 0.630. The van der Waals surface area contributed by atoms with Gasteiger partial charge in [-0.2, -0.15) is 0 Å². The minimum absolute atomic E-state index is 0.0575. The highest BCUT2D eigenvalue weighted by Gasteiger charge is 2.32. The van der Waals surface area contributed by atoms with Crippen molar-refractivity contribution < 1.29 is 9.53 Å². The van der Waals surface area contributed by atoms with Crippen molar-refractivity contribution in [3.63, 3.8) is 0 Å². The van der Waals surface area contributed by atoms with Crippen LogP contribution in [0.4, 0.5) is 0 Å². The standard InChI is InChI=1S/C16H21NO2S/c18-16(14-7-4-12-20-14)15(13-5-2-1-3-6-13)17-8-10-19-11-9-17/h4-5,7,12,15H,1-3,6,8-11H2.